The minimum atomic E-state index is -0.942. The lowest BCUT2D eigenvalue weighted by atomic mass is 9.73. The van der Waals surface area contributed by atoms with Crippen LogP contribution < -0.4 is 5.73 Å². The standard InChI is InChI=1S/C16H22N2O/c1-15(2,3)16(19,11-17)10-13-9-8-12-6-4-5-7-14(12)18-13/h4-9,19H,10-11,17H2,1-3H3. The maximum atomic E-state index is 10.7. The molecule has 0 aliphatic carbocycles. The van der Waals surface area contributed by atoms with E-state index in [0.29, 0.717) is 6.42 Å². The number of hydrogen-bond acceptors (Lipinski definition) is 3. The third-order valence-electron chi connectivity index (χ3n) is 3.86. The number of para-hydroxylation sites is 1. The molecule has 1 aromatic heterocycles. The Morgan fingerprint density at radius 2 is 1.79 bits per heavy atom. The molecule has 0 amide bonds. The molecule has 102 valence electrons. The van der Waals surface area contributed by atoms with Gasteiger partial charge >= 0.3 is 0 Å². The van der Waals surface area contributed by atoms with Gasteiger partial charge in [0.25, 0.3) is 0 Å². The molecule has 19 heavy (non-hydrogen) atoms. The van der Waals surface area contributed by atoms with Gasteiger partial charge in [0.05, 0.1) is 11.1 Å². The first kappa shape index (κ1) is 14.0. The Balaban J connectivity index is 2.35. The molecule has 2 rings (SSSR count). The van der Waals surface area contributed by atoms with E-state index < -0.39 is 5.60 Å². The molecule has 0 radical (unpaired) electrons. The molecule has 0 saturated carbocycles. The van der Waals surface area contributed by atoms with Crippen LogP contribution in [0.15, 0.2) is 36.4 Å². The van der Waals surface area contributed by atoms with Gasteiger partial charge in [-0.05, 0) is 17.5 Å². The molecule has 0 bridgehead atoms. The maximum absolute atomic E-state index is 10.7. The Kier molecular flexibility index (Phi) is 3.61. The number of hydrogen-bond donors (Lipinski definition) is 2. The van der Waals surface area contributed by atoms with E-state index in [0.717, 1.165) is 16.6 Å². The summed E-state index contributed by atoms with van der Waals surface area (Å²) in [4.78, 5) is 4.61. The van der Waals surface area contributed by atoms with Gasteiger partial charge < -0.3 is 10.8 Å². The molecule has 0 fully saturated rings. The third kappa shape index (κ3) is 2.77. The van der Waals surface area contributed by atoms with Crippen molar-refractivity contribution in [1.29, 1.82) is 0 Å². The van der Waals surface area contributed by atoms with Crippen LogP contribution in [0, 0.1) is 5.41 Å². The summed E-state index contributed by atoms with van der Waals surface area (Å²) in [6.07, 6.45) is 0.470. The second-order valence-corrected chi connectivity index (χ2v) is 6.16. The highest BCUT2D eigenvalue weighted by Crippen LogP contribution is 2.32. The normalized spacial score (nSPS) is 15.4. The van der Waals surface area contributed by atoms with Crippen LogP contribution in [0.3, 0.4) is 0 Å². The Labute approximate surface area is 114 Å². The molecule has 3 heteroatoms. The first-order chi connectivity index (χ1) is 8.86. The predicted octanol–water partition coefficient (Wildman–Crippen LogP) is 2.51. The topological polar surface area (TPSA) is 59.1 Å². The van der Waals surface area contributed by atoms with Gasteiger partial charge in [0.15, 0.2) is 0 Å². The predicted molar refractivity (Wildman–Crippen MR) is 78.9 cm³/mol. The lowest BCUT2D eigenvalue weighted by Crippen LogP contribution is -2.51. The van der Waals surface area contributed by atoms with Crippen molar-refractivity contribution in [3.8, 4) is 0 Å². The lowest BCUT2D eigenvalue weighted by Gasteiger charge is -2.39. The molecule has 0 aliphatic rings. The molecule has 1 heterocycles. The van der Waals surface area contributed by atoms with Crippen molar-refractivity contribution in [2.75, 3.05) is 6.54 Å². The number of nitrogens with two attached hydrogens (primary N) is 1. The summed E-state index contributed by atoms with van der Waals surface area (Å²) in [6.45, 7) is 6.23. The Bertz CT molecular complexity index is 574. The fraction of sp³-hybridized carbons (Fsp3) is 0.438. The van der Waals surface area contributed by atoms with Gasteiger partial charge in [-0.1, -0.05) is 45.0 Å². The number of nitrogens with zero attached hydrogens (tertiary/aromatic N) is 1. The zero-order valence-corrected chi connectivity index (χ0v) is 11.9. The number of pyridine rings is 1. The van der Waals surface area contributed by atoms with Crippen LogP contribution in [0.1, 0.15) is 26.5 Å². The SMILES string of the molecule is CC(C)(C)C(O)(CN)Cc1ccc2ccccc2n1. The lowest BCUT2D eigenvalue weighted by molar-refractivity contribution is -0.0496. The van der Waals surface area contributed by atoms with E-state index in [-0.39, 0.29) is 12.0 Å². The zero-order valence-electron chi connectivity index (χ0n) is 11.9. The highest BCUT2D eigenvalue weighted by atomic mass is 16.3. The van der Waals surface area contributed by atoms with Gasteiger partial charge in [0, 0.05) is 24.0 Å². The first-order valence-corrected chi connectivity index (χ1v) is 6.63. The number of aliphatic hydroxyl groups is 1. The van der Waals surface area contributed by atoms with Crippen LogP contribution in [-0.2, 0) is 6.42 Å². The largest absolute Gasteiger partial charge is 0.388 e. The van der Waals surface area contributed by atoms with Crippen molar-refractivity contribution in [2.45, 2.75) is 32.8 Å². The van der Waals surface area contributed by atoms with E-state index in [1.165, 1.54) is 0 Å². The van der Waals surface area contributed by atoms with Crippen LogP contribution >= 0.6 is 0 Å². The average Bonchev–Trinajstić information content (AvgIpc) is 2.37. The Morgan fingerprint density at radius 1 is 1.11 bits per heavy atom. The van der Waals surface area contributed by atoms with Gasteiger partial charge in [0.1, 0.15) is 0 Å². The fourth-order valence-electron chi connectivity index (χ4n) is 2.15. The first-order valence-electron chi connectivity index (χ1n) is 6.63. The van der Waals surface area contributed by atoms with E-state index in [9.17, 15) is 5.11 Å². The molecular formula is C16H22N2O. The van der Waals surface area contributed by atoms with E-state index in [4.69, 9.17) is 5.73 Å². The van der Waals surface area contributed by atoms with Crippen LogP contribution in [-0.4, -0.2) is 22.2 Å². The van der Waals surface area contributed by atoms with Gasteiger partial charge in [-0.3, -0.25) is 4.98 Å². The van der Waals surface area contributed by atoms with Crippen LogP contribution in [0.5, 0.6) is 0 Å². The van der Waals surface area contributed by atoms with E-state index in [2.05, 4.69) is 4.98 Å². The summed E-state index contributed by atoms with van der Waals surface area (Å²) in [7, 11) is 0. The Hall–Kier alpha value is -1.45. The van der Waals surface area contributed by atoms with Gasteiger partial charge in [-0.15, -0.1) is 0 Å². The van der Waals surface area contributed by atoms with Gasteiger partial charge in [-0.25, -0.2) is 0 Å². The maximum Gasteiger partial charge on any atom is 0.0872 e. The number of benzene rings is 1. The van der Waals surface area contributed by atoms with Gasteiger partial charge in [-0.2, -0.15) is 0 Å². The number of rotatable bonds is 3. The molecule has 0 aliphatic heterocycles. The summed E-state index contributed by atoms with van der Waals surface area (Å²) in [5.41, 5.74) is 6.38. The minimum Gasteiger partial charge on any atom is -0.388 e. The third-order valence-corrected chi connectivity index (χ3v) is 3.86. The van der Waals surface area contributed by atoms with Crippen molar-refractivity contribution in [3.05, 3.63) is 42.1 Å². The molecule has 3 nitrogen and oxygen atoms in total. The quantitative estimate of drug-likeness (QED) is 0.889. The van der Waals surface area contributed by atoms with Crippen molar-refractivity contribution >= 4 is 10.9 Å². The fourth-order valence-corrected chi connectivity index (χ4v) is 2.15. The monoisotopic (exact) mass is 258 g/mol. The molecule has 1 unspecified atom stereocenters. The molecule has 2 aromatic rings. The van der Waals surface area contributed by atoms with Crippen molar-refractivity contribution in [3.63, 3.8) is 0 Å². The van der Waals surface area contributed by atoms with E-state index in [1.807, 2.05) is 57.2 Å². The molecular weight excluding hydrogens is 236 g/mol. The highest BCUT2D eigenvalue weighted by Gasteiger charge is 2.39. The number of fused-ring (bicyclic) bond motifs is 1. The highest BCUT2D eigenvalue weighted by molar-refractivity contribution is 5.78. The number of aromatic nitrogens is 1. The minimum absolute atomic E-state index is 0.227. The van der Waals surface area contributed by atoms with Crippen molar-refractivity contribution in [1.82, 2.24) is 4.98 Å². The van der Waals surface area contributed by atoms with E-state index >= 15 is 0 Å². The van der Waals surface area contributed by atoms with E-state index in [1.54, 1.807) is 0 Å². The van der Waals surface area contributed by atoms with Crippen LogP contribution in [0.4, 0.5) is 0 Å². The zero-order chi connectivity index (χ0) is 14.1. The summed E-state index contributed by atoms with van der Waals surface area (Å²) in [5.74, 6) is 0. The summed E-state index contributed by atoms with van der Waals surface area (Å²) >= 11 is 0. The smallest absolute Gasteiger partial charge is 0.0872 e. The molecule has 0 saturated heterocycles. The van der Waals surface area contributed by atoms with Crippen molar-refractivity contribution in [2.24, 2.45) is 11.1 Å². The second kappa shape index (κ2) is 4.91. The molecule has 1 atom stereocenters. The summed E-state index contributed by atoms with van der Waals surface area (Å²) in [5, 5.41) is 11.8. The molecule has 1 aromatic carbocycles. The molecule has 0 spiro atoms. The van der Waals surface area contributed by atoms with Crippen molar-refractivity contribution < 1.29 is 5.11 Å². The molecule has 3 N–H and O–H groups in total. The van der Waals surface area contributed by atoms with Gasteiger partial charge in [0.2, 0.25) is 0 Å². The summed E-state index contributed by atoms with van der Waals surface area (Å²) in [6, 6.07) is 12.0. The average molecular weight is 258 g/mol. The summed E-state index contributed by atoms with van der Waals surface area (Å²) < 4.78 is 0. The Morgan fingerprint density at radius 3 is 2.42 bits per heavy atom. The van der Waals surface area contributed by atoms with Crippen LogP contribution in [0.2, 0.25) is 0 Å². The van der Waals surface area contributed by atoms with Crippen LogP contribution in [0.25, 0.3) is 10.9 Å². The second-order valence-electron chi connectivity index (χ2n) is 6.16.